The van der Waals surface area contributed by atoms with Crippen LogP contribution in [0.5, 0.6) is 17.2 Å². The lowest BCUT2D eigenvalue weighted by atomic mass is 10.2. The van der Waals surface area contributed by atoms with E-state index in [1.54, 1.807) is 44.4 Å². The van der Waals surface area contributed by atoms with Gasteiger partial charge >= 0.3 is 6.03 Å². The van der Waals surface area contributed by atoms with E-state index in [2.05, 4.69) is 15.5 Å². The van der Waals surface area contributed by atoms with Crippen LogP contribution >= 0.6 is 0 Å². The third-order valence-corrected chi connectivity index (χ3v) is 5.24. The first kappa shape index (κ1) is 20.5. The van der Waals surface area contributed by atoms with Crippen molar-refractivity contribution in [2.75, 3.05) is 33.2 Å². The second kappa shape index (κ2) is 8.95. The van der Waals surface area contributed by atoms with Gasteiger partial charge in [0.2, 0.25) is 11.7 Å². The van der Waals surface area contributed by atoms with Crippen molar-refractivity contribution in [3.63, 3.8) is 0 Å². The van der Waals surface area contributed by atoms with Crippen molar-refractivity contribution in [1.82, 2.24) is 15.0 Å². The number of aromatic nitrogens is 2. The summed E-state index contributed by atoms with van der Waals surface area (Å²) < 4.78 is 21.3. The molecule has 1 aromatic heterocycles. The molecule has 1 fully saturated rings. The van der Waals surface area contributed by atoms with Crippen LogP contribution < -0.4 is 19.5 Å². The smallest absolute Gasteiger partial charge is 0.322 e. The Bertz CT molecular complexity index is 1050. The molecule has 0 unspecified atom stereocenters. The number of amides is 2. The van der Waals surface area contributed by atoms with Crippen LogP contribution in [-0.4, -0.2) is 48.9 Å². The van der Waals surface area contributed by atoms with Crippen molar-refractivity contribution < 1.29 is 23.5 Å². The number of likely N-dealkylation sites (tertiary alicyclic amines) is 1. The number of nitrogens with zero attached hydrogens (tertiary/aromatic N) is 3. The molecule has 4 rings (SSSR count). The molecular formula is C22H24N4O5. The van der Waals surface area contributed by atoms with Gasteiger partial charge in [0, 0.05) is 18.2 Å². The molecule has 2 heterocycles. The quantitative estimate of drug-likeness (QED) is 0.635. The second-order valence-corrected chi connectivity index (χ2v) is 7.03. The van der Waals surface area contributed by atoms with Gasteiger partial charge in [-0.05, 0) is 49.2 Å². The molecule has 9 heteroatoms. The van der Waals surface area contributed by atoms with Crippen LogP contribution in [0.25, 0.3) is 11.4 Å². The largest absolute Gasteiger partial charge is 0.497 e. The molecule has 31 heavy (non-hydrogen) atoms. The lowest BCUT2D eigenvalue weighted by molar-refractivity contribution is 0.193. The van der Waals surface area contributed by atoms with E-state index < -0.39 is 0 Å². The Labute approximate surface area is 179 Å². The number of hydrogen-bond donors (Lipinski definition) is 1. The van der Waals surface area contributed by atoms with Crippen LogP contribution in [0.2, 0.25) is 0 Å². The van der Waals surface area contributed by atoms with E-state index in [0.29, 0.717) is 35.4 Å². The van der Waals surface area contributed by atoms with Crippen molar-refractivity contribution in [3.8, 4) is 28.6 Å². The number of urea groups is 1. The Kier molecular flexibility index (Phi) is 5.92. The maximum absolute atomic E-state index is 13.0. The maximum atomic E-state index is 13.0. The van der Waals surface area contributed by atoms with Gasteiger partial charge in [-0.2, -0.15) is 4.98 Å². The highest BCUT2D eigenvalue weighted by atomic mass is 16.5. The van der Waals surface area contributed by atoms with Crippen LogP contribution in [0.15, 0.2) is 47.0 Å². The minimum Gasteiger partial charge on any atom is -0.497 e. The molecular weight excluding hydrogens is 400 g/mol. The van der Waals surface area contributed by atoms with Crippen LogP contribution in [0.1, 0.15) is 24.8 Å². The number of carbonyl (C=O) groups excluding carboxylic acids is 1. The summed E-state index contributed by atoms with van der Waals surface area (Å²) in [5.74, 6) is 2.80. The Morgan fingerprint density at radius 2 is 1.81 bits per heavy atom. The van der Waals surface area contributed by atoms with Gasteiger partial charge in [0.25, 0.3) is 0 Å². The minimum atomic E-state index is -0.295. The molecule has 3 aromatic rings. The van der Waals surface area contributed by atoms with Crippen LogP contribution in [0, 0.1) is 0 Å². The molecule has 1 aliphatic heterocycles. The zero-order valence-electron chi connectivity index (χ0n) is 17.6. The molecule has 1 saturated heterocycles. The predicted molar refractivity (Wildman–Crippen MR) is 114 cm³/mol. The highest BCUT2D eigenvalue weighted by Gasteiger charge is 2.34. The van der Waals surface area contributed by atoms with Gasteiger partial charge < -0.3 is 29.0 Å². The first-order chi connectivity index (χ1) is 15.1. The molecule has 9 nitrogen and oxygen atoms in total. The van der Waals surface area contributed by atoms with Crippen molar-refractivity contribution in [3.05, 3.63) is 48.4 Å². The number of methoxy groups -OCH3 is 3. The van der Waals surface area contributed by atoms with Crippen LogP contribution in [0.3, 0.4) is 0 Å². The summed E-state index contributed by atoms with van der Waals surface area (Å²) in [6.45, 7) is 0.586. The van der Waals surface area contributed by atoms with E-state index in [9.17, 15) is 4.79 Å². The summed E-state index contributed by atoms with van der Waals surface area (Å²) in [5, 5.41) is 7.00. The molecule has 162 valence electrons. The lowest BCUT2D eigenvalue weighted by Gasteiger charge is -2.23. The lowest BCUT2D eigenvalue weighted by Crippen LogP contribution is -2.34. The van der Waals surface area contributed by atoms with Crippen molar-refractivity contribution in [2.24, 2.45) is 0 Å². The predicted octanol–water partition coefficient (Wildman–Crippen LogP) is 4.13. The Morgan fingerprint density at radius 1 is 1.06 bits per heavy atom. The molecule has 0 aliphatic carbocycles. The number of rotatable bonds is 6. The maximum Gasteiger partial charge on any atom is 0.322 e. The summed E-state index contributed by atoms with van der Waals surface area (Å²) in [7, 11) is 4.73. The summed E-state index contributed by atoms with van der Waals surface area (Å²) in [6, 6.07) is 12.1. The second-order valence-electron chi connectivity index (χ2n) is 7.03. The summed E-state index contributed by atoms with van der Waals surface area (Å²) >= 11 is 0. The first-order valence-electron chi connectivity index (χ1n) is 9.90. The molecule has 0 bridgehead atoms. The van der Waals surface area contributed by atoms with Gasteiger partial charge in [0.05, 0.1) is 27.0 Å². The van der Waals surface area contributed by atoms with Crippen LogP contribution in [-0.2, 0) is 0 Å². The molecule has 0 saturated carbocycles. The van der Waals surface area contributed by atoms with Gasteiger partial charge in [-0.15, -0.1) is 0 Å². The van der Waals surface area contributed by atoms with Gasteiger partial charge in [-0.25, -0.2) is 4.79 Å². The molecule has 1 N–H and O–H groups in total. The third-order valence-electron chi connectivity index (χ3n) is 5.24. The fourth-order valence-corrected chi connectivity index (χ4v) is 3.59. The van der Waals surface area contributed by atoms with Crippen molar-refractivity contribution >= 4 is 11.7 Å². The Hall–Kier alpha value is -3.75. The van der Waals surface area contributed by atoms with Gasteiger partial charge in [-0.3, -0.25) is 0 Å². The number of carbonyl (C=O) groups is 1. The van der Waals surface area contributed by atoms with E-state index in [4.69, 9.17) is 18.7 Å². The monoisotopic (exact) mass is 424 g/mol. The zero-order chi connectivity index (χ0) is 21.8. The zero-order valence-corrected chi connectivity index (χ0v) is 17.6. The SMILES string of the molecule is COc1ccc(-c2noc([C@H]3CCCN3C(=O)Nc3cc(OC)ccc3OC)n2)cc1. The van der Waals surface area contributed by atoms with Crippen molar-refractivity contribution in [1.29, 1.82) is 0 Å². The van der Waals surface area contributed by atoms with Gasteiger partial charge in [-0.1, -0.05) is 5.16 Å². The minimum absolute atomic E-state index is 0.266. The van der Waals surface area contributed by atoms with Crippen molar-refractivity contribution in [2.45, 2.75) is 18.9 Å². The van der Waals surface area contributed by atoms with E-state index in [-0.39, 0.29) is 12.1 Å². The van der Waals surface area contributed by atoms with Gasteiger partial charge in [0.15, 0.2) is 0 Å². The standard InChI is InChI=1S/C22H24N4O5/c1-28-15-8-6-14(7-9-15)20-24-21(31-25-20)18-5-4-12-26(18)22(27)23-17-13-16(29-2)10-11-19(17)30-3/h6-11,13,18H,4-5,12H2,1-3H3,(H,23,27)/t18-/m1/s1. The Morgan fingerprint density at radius 3 is 2.52 bits per heavy atom. The number of anilines is 1. The fourth-order valence-electron chi connectivity index (χ4n) is 3.59. The number of nitrogens with one attached hydrogen (secondary N) is 1. The average molecular weight is 424 g/mol. The molecule has 2 amide bonds. The van der Waals surface area contributed by atoms with E-state index in [1.807, 2.05) is 24.3 Å². The Balaban J connectivity index is 1.52. The summed E-state index contributed by atoms with van der Waals surface area (Å²) in [5.41, 5.74) is 1.34. The third kappa shape index (κ3) is 4.25. The highest BCUT2D eigenvalue weighted by molar-refractivity contribution is 5.91. The molecule has 0 spiro atoms. The molecule has 1 atom stereocenters. The van der Waals surface area contributed by atoms with Gasteiger partial charge in [0.1, 0.15) is 23.3 Å². The number of ether oxygens (including phenoxy) is 3. The summed E-state index contributed by atoms with van der Waals surface area (Å²) in [4.78, 5) is 19.3. The van der Waals surface area contributed by atoms with E-state index in [1.165, 1.54) is 0 Å². The first-order valence-corrected chi connectivity index (χ1v) is 9.90. The molecule has 2 aromatic carbocycles. The summed E-state index contributed by atoms with van der Waals surface area (Å²) in [6.07, 6.45) is 1.58. The van der Waals surface area contributed by atoms with E-state index in [0.717, 1.165) is 24.2 Å². The topological polar surface area (TPSA) is 99.0 Å². The average Bonchev–Trinajstić information content (AvgIpc) is 3.48. The molecule has 0 radical (unpaired) electrons. The van der Waals surface area contributed by atoms with Crippen LogP contribution in [0.4, 0.5) is 10.5 Å². The normalized spacial score (nSPS) is 15.6. The number of benzene rings is 2. The van der Waals surface area contributed by atoms with E-state index >= 15 is 0 Å². The molecule has 1 aliphatic rings. The highest BCUT2D eigenvalue weighted by Crippen LogP contribution is 2.34. The number of hydrogen-bond acceptors (Lipinski definition) is 7. The fraction of sp³-hybridized carbons (Fsp3) is 0.318.